The van der Waals surface area contributed by atoms with Gasteiger partial charge in [-0.15, -0.1) is 0 Å². The summed E-state index contributed by atoms with van der Waals surface area (Å²) in [6.45, 7) is 4.47. The Hall–Kier alpha value is -4.48. The molecule has 0 aliphatic carbocycles. The molecule has 4 aromatic carbocycles. The summed E-state index contributed by atoms with van der Waals surface area (Å²) in [5.41, 5.74) is 4.73. The van der Waals surface area contributed by atoms with Gasteiger partial charge in [-0.3, -0.25) is 9.52 Å². The lowest BCUT2D eigenvalue weighted by atomic mass is 10.2. The number of nitrogens with one attached hydrogen (secondary N) is 2. The average Bonchev–Trinajstić information content (AvgIpc) is 2.98. The quantitative estimate of drug-likeness (QED) is 0.0847. The summed E-state index contributed by atoms with van der Waals surface area (Å²) < 4.78 is 39.5. The second-order valence-corrected chi connectivity index (χ2v) is 11.7. The molecule has 2 N–H and O–H groups in total. The lowest BCUT2D eigenvalue weighted by Crippen LogP contribution is -2.18. The van der Waals surface area contributed by atoms with Crippen LogP contribution in [0.25, 0.3) is 0 Å². The topological polar surface area (TPSA) is 123 Å². The van der Waals surface area contributed by atoms with Crippen LogP contribution in [-0.4, -0.2) is 33.1 Å². The highest BCUT2D eigenvalue weighted by Crippen LogP contribution is 2.24. The predicted molar refractivity (Wildman–Crippen MR) is 165 cm³/mol. The average molecular weight is 651 g/mol. The molecule has 0 bridgehead atoms. The molecule has 0 atom stereocenters. The summed E-state index contributed by atoms with van der Waals surface area (Å²) in [6, 6.07) is 24.1. The van der Waals surface area contributed by atoms with Crippen molar-refractivity contribution in [3.8, 4) is 11.5 Å². The van der Waals surface area contributed by atoms with Gasteiger partial charge in [-0.1, -0.05) is 40.5 Å². The molecule has 0 saturated carbocycles. The first-order valence-corrected chi connectivity index (χ1v) is 15.2. The molecule has 0 fully saturated rings. The first kappa shape index (κ1) is 30.5. The highest BCUT2D eigenvalue weighted by Gasteiger charge is 2.15. The summed E-state index contributed by atoms with van der Waals surface area (Å²) >= 11 is 3.39. The summed E-state index contributed by atoms with van der Waals surface area (Å²) in [6.07, 6.45) is 2.24. The third-order valence-corrected chi connectivity index (χ3v) is 7.73. The lowest BCUT2D eigenvalue weighted by molar-refractivity contribution is 0.0734. The number of hydrazone groups is 1. The Bertz CT molecular complexity index is 1690. The smallest absolute Gasteiger partial charge is 0.343 e. The van der Waals surface area contributed by atoms with E-state index >= 15 is 0 Å². The van der Waals surface area contributed by atoms with Crippen LogP contribution in [0.15, 0.2) is 105 Å². The molecule has 1 amide bonds. The second kappa shape index (κ2) is 13.9. The summed E-state index contributed by atoms with van der Waals surface area (Å²) in [7, 11) is -3.77. The van der Waals surface area contributed by atoms with Gasteiger partial charge in [-0.2, -0.15) is 5.10 Å². The maximum Gasteiger partial charge on any atom is 0.343 e. The SMILES string of the molecule is CCCOc1ccc(C(=O)Oc2ccc(Br)cc2/C=N\NC(=O)c2ccc(NS(=O)(=O)c3ccc(C)cc3)cc2)cc1. The van der Waals surface area contributed by atoms with Crippen molar-refractivity contribution in [3.05, 3.63) is 118 Å². The Kier molecular flexibility index (Phi) is 10.1. The number of carbonyl (C=O) groups is 2. The maximum absolute atomic E-state index is 12.7. The van der Waals surface area contributed by atoms with Gasteiger partial charge in [-0.25, -0.2) is 18.6 Å². The molecule has 11 heteroatoms. The molecular weight excluding hydrogens is 622 g/mol. The molecule has 0 spiro atoms. The maximum atomic E-state index is 12.7. The third kappa shape index (κ3) is 8.27. The van der Waals surface area contributed by atoms with Gasteiger partial charge in [0.1, 0.15) is 11.5 Å². The number of nitrogens with zero attached hydrogens (tertiary/aromatic N) is 1. The van der Waals surface area contributed by atoms with E-state index in [0.29, 0.717) is 29.2 Å². The molecule has 4 rings (SSSR count). The number of halogens is 1. The van der Waals surface area contributed by atoms with Gasteiger partial charge in [0.05, 0.1) is 23.3 Å². The monoisotopic (exact) mass is 649 g/mol. The van der Waals surface area contributed by atoms with Gasteiger partial charge in [0.25, 0.3) is 15.9 Å². The molecule has 0 heterocycles. The van der Waals surface area contributed by atoms with E-state index in [9.17, 15) is 18.0 Å². The Morgan fingerprint density at radius 2 is 1.57 bits per heavy atom. The van der Waals surface area contributed by atoms with E-state index in [-0.39, 0.29) is 16.2 Å². The fourth-order valence-electron chi connectivity index (χ4n) is 3.63. The molecule has 0 radical (unpaired) electrons. The van der Waals surface area contributed by atoms with Crippen molar-refractivity contribution in [2.75, 3.05) is 11.3 Å². The number of ether oxygens (including phenoxy) is 2. The van der Waals surface area contributed by atoms with Crippen LogP contribution < -0.4 is 19.6 Å². The number of aryl methyl sites for hydroxylation is 1. The molecule has 0 aliphatic rings. The van der Waals surface area contributed by atoms with Crippen molar-refractivity contribution in [1.82, 2.24) is 5.43 Å². The van der Waals surface area contributed by atoms with E-state index in [2.05, 4.69) is 31.2 Å². The van der Waals surface area contributed by atoms with Crippen LogP contribution in [0.3, 0.4) is 0 Å². The summed E-state index contributed by atoms with van der Waals surface area (Å²) in [4.78, 5) is 25.5. The fraction of sp³-hybridized carbons (Fsp3) is 0.129. The largest absolute Gasteiger partial charge is 0.494 e. The number of sulfonamides is 1. The Morgan fingerprint density at radius 3 is 2.24 bits per heavy atom. The second-order valence-electron chi connectivity index (χ2n) is 9.14. The zero-order valence-corrected chi connectivity index (χ0v) is 25.2. The number of esters is 1. The van der Waals surface area contributed by atoms with Gasteiger partial charge < -0.3 is 9.47 Å². The molecule has 216 valence electrons. The zero-order valence-electron chi connectivity index (χ0n) is 22.8. The van der Waals surface area contributed by atoms with Crippen LogP contribution in [0, 0.1) is 6.92 Å². The van der Waals surface area contributed by atoms with Gasteiger partial charge in [-0.05, 0) is 92.2 Å². The van der Waals surface area contributed by atoms with E-state index in [1.807, 2.05) is 13.8 Å². The number of anilines is 1. The number of rotatable bonds is 11. The Labute approximate surface area is 252 Å². The number of carbonyl (C=O) groups excluding carboxylic acids is 2. The first-order chi connectivity index (χ1) is 20.1. The number of benzene rings is 4. The number of amides is 1. The zero-order chi connectivity index (χ0) is 30.1. The minimum atomic E-state index is -3.77. The van der Waals surface area contributed by atoms with Crippen LogP contribution in [0.5, 0.6) is 11.5 Å². The minimum Gasteiger partial charge on any atom is -0.494 e. The van der Waals surface area contributed by atoms with Gasteiger partial charge in [0, 0.05) is 21.3 Å². The molecular formula is C31H28BrN3O6S. The van der Waals surface area contributed by atoms with Crippen molar-refractivity contribution in [2.24, 2.45) is 5.10 Å². The Balaban J connectivity index is 1.38. The van der Waals surface area contributed by atoms with Gasteiger partial charge in [0.2, 0.25) is 0 Å². The van der Waals surface area contributed by atoms with Crippen molar-refractivity contribution >= 4 is 49.7 Å². The van der Waals surface area contributed by atoms with E-state index < -0.39 is 21.9 Å². The summed E-state index contributed by atoms with van der Waals surface area (Å²) in [5, 5.41) is 4.00. The number of hydrogen-bond donors (Lipinski definition) is 2. The molecule has 0 aromatic heterocycles. The first-order valence-electron chi connectivity index (χ1n) is 12.9. The number of hydrogen-bond acceptors (Lipinski definition) is 7. The van der Waals surface area contributed by atoms with Crippen LogP contribution in [-0.2, 0) is 10.0 Å². The van der Waals surface area contributed by atoms with Crippen molar-refractivity contribution < 1.29 is 27.5 Å². The van der Waals surface area contributed by atoms with E-state index in [1.54, 1.807) is 54.6 Å². The highest BCUT2D eigenvalue weighted by molar-refractivity contribution is 9.10. The highest BCUT2D eigenvalue weighted by atomic mass is 79.9. The Morgan fingerprint density at radius 1 is 0.905 bits per heavy atom. The van der Waals surface area contributed by atoms with Gasteiger partial charge >= 0.3 is 5.97 Å². The molecule has 0 unspecified atom stereocenters. The molecule has 4 aromatic rings. The van der Waals surface area contributed by atoms with Crippen molar-refractivity contribution in [2.45, 2.75) is 25.2 Å². The van der Waals surface area contributed by atoms with E-state index in [0.717, 1.165) is 16.5 Å². The van der Waals surface area contributed by atoms with E-state index in [4.69, 9.17) is 9.47 Å². The third-order valence-electron chi connectivity index (χ3n) is 5.84. The minimum absolute atomic E-state index is 0.136. The van der Waals surface area contributed by atoms with Crippen LogP contribution >= 0.6 is 15.9 Å². The van der Waals surface area contributed by atoms with Crippen LogP contribution in [0.2, 0.25) is 0 Å². The standard InChI is InChI=1S/C31H28BrN3O6S/c1-3-18-40-27-13-8-23(9-14-27)31(37)41-29-17-10-25(32)19-24(29)20-33-34-30(36)22-6-11-26(12-7-22)35-42(38,39)28-15-4-21(2)5-16-28/h4-17,19-20,35H,3,18H2,1-2H3,(H,34,36)/b33-20-. The van der Waals surface area contributed by atoms with Crippen molar-refractivity contribution in [3.63, 3.8) is 0 Å². The fourth-order valence-corrected chi connectivity index (χ4v) is 5.06. The predicted octanol–water partition coefficient (Wildman–Crippen LogP) is 6.33. The molecule has 42 heavy (non-hydrogen) atoms. The molecule has 0 saturated heterocycles. The summed E-state index contributed by atoms with van der Waals surface area (Å²) in [5.74, 6) is -0.161. The lowest BCUT2D eigenvalue weighted by Gasteiger charge is -2.09. The normalized spacial score (nSPS) is 11.2. The van der Waals surface area contributed by atoms with Crippen LogP contribution in [0.4, 0.5) is 5.69 Å². The van der Waals surface area contributed by atoms with Gasteiger partial charge in [0.15, 0.2) is 0 Å². The van der Waals surface area contributed by atoms with Crippen molar-refractivity contribution in [1.29, 1.82) is 0 Å². The molecule has 9 nitrogen and oxygen atoms in total. The van der Waals surface area contributed by atoms with E-state index in [1.165, 1.54) is 42.6 Å². The van der Waals surface area contributed by atoms with Crippen LogP contribution in [0.1, 0.15) is 45.2 Å². The molecule has 0 aliphatic heterocycles.